The van der Waals surface area contributed by atoms with Crippen LogP contribution in [0.15, 0.2) is 76.5 Å². The summed E-state index contributed by atoms with van der Waals surface area (Å²) in [5.74, 6) is -1.37. The van der Waals surface area contributed by atoms with Gasteiger partial charge in [-0.05, 0) is 54.1 Å². The molecule has 0 fully saturated rings. The van der Waals surface area contributed by atoms with Crippen molar-refractivity contribution in [1.29, 1.82) is 0 Å². The van der Waals surface area contributed by atoms with Gasteiger partial charge in [-0.15, -0.1) is 0 Å². The van der Waals surface area contributed by atoms with Crippen molar-refractivity contribution in [3.05, 3.63) is 94.3 Å². The molecule has 162 valence electrons. The highest BCUT2D eigenvalue weighted by atomic mass is 35.5. The Labute approximate surface area is 180 Å². The molecule has 0 unspecified atom stereocenters. The molecule has 31 heavy (non-hydrogen) atoms. The number of carbonyl (C=O) groups is 1. The Morgan fingerprint density at radius 2 is 1.58 bits per heavy atom. The van der Waals surface area contributed by atoms with Gasteiger partial charge in [0.25, 0.3) is 5.91 Å². The van der Waals surface area contributed by atoms with Crippen LogP contribution in [0, 0.1) is 5.82 Å². The van der Waals surface area contributed by atoms with Crippen molar-refractivity contribution in [2.75, 3.05) is 0 Å². The summed E-state index contributed by atoms with van der Waals surface area (Å²) in [5.41, 5.74) is -0.669. The van der Waals surface area contributed by atoms with Crippen molar-refractivity contribution < 1.29 is 30.8 Å². The van der Waals surface area contributed by atoms with Crippen molar-refractivity contribution >= 4 is 27.3 Å². The molecule has 0 saturated heterocycles. The number of nitrogens with one attached hydrogen (secondary N) is 1. The molecule has 4 nitrogen and oxygen atoms in total. The summed E-state index contributed by atoms with van der Waals surface area (Å²) in [4.78, 5) is 11.4. The zero-order valence-corrected chi connectivity index (χ0v) is 17.2. The van der Waals surface area contributed by atoms with E-state index in [-0.39, 0.29) is 22.0 Å². The van der Waals surface area contributed by atoms with Crippen molar-refractivity contribution in [2.45, 2.75) is 22.5 Å². The Bertz CT molecular complexity index is 1240. The fraction of sp³-hybridized carbons (Fsp3) is 0.0952. The van der Waals surface area contributed by atoms with E-state index in [1.807, 2.05) is 0 Å². The van der Waals surface area contributed by atoms with Gasteiger partial charge in [-0.3, -0.25) is 4.79 Å². The van der Waals surface area contributed by atoms with E-state index in [2.05, 4.69) is 5.32 Å². The molecule has 3 aromatic rings. The molecule has 0 bridgehead atoms. The minimum Gasteiger partial charge on any atom is -0.348 e. The molecule has 3 aromatic carbocycles. The number of amides is 1. The van der Waals surface area contributed by atoms with Crippen LogP contribution >= 0.6 is 11.6 Å². The number of benzene rings is 3. The first-order chi connectivity index (χ1) is 14.5. The van der Waals surface area contributed by atoms with E-state index in [1.165, 1.54) is 36.4 Å². The number of rotatable bonds is 5. The van der Waals surface area contributed by atoms with Crippen LogP contribution in [0.1, 0.15) is 21.5 Å². The summed E-state index contributed by atoms with van der Waals surface area (Å²) < 4.78 is 77.8. The molecule has 0 heterocycles. The summed E-state index contributed by atoms with van der Waals surface area (Å²) in [6.07, 6.45) is -4.68. The Kier molecular flexibility index (Phi) is 6.38. The van der Waals surface area contributed by atoms with Crippen LogP contribution in [0.5, 0.6) is 0 Å². The summed E-state index contributed by atoms with van der Waals surface area (Å²) in [6.45, 7) is -0.0883. The average Bonchev–Trinajstić information content (AvgIpc) is 2.73. The van der Waals surface area contributed by atoms with E-state index in [0.717, 1.165) is 24.3 Å². The maximum atomic E-state index is 13.5. The fourth-order valence-electron chi connectivity index (χ4n) is 2.72. The Morgan fingerprint density at radius 3 is 2.23 bits per heavy atom. The van der Waals surface area contributed by atoms with Crippen LogP contribution in [0.2, 0.25) is 5.02 Å². The monoisotopic (exact) mass is 471 g/mol. The highest BCUT2D eigenvalue weighted by Crippen LogP contribution is 2.32. The fourth-order valence-corrected chi connectivity index (χ4v) is 4.21. The Morgan fingerprint density at radius 1 is 0.935 bits per heavy atom. The van der Waals surface area contributed by atoms with Crippen molar-refractivity contribution in [3.8, 4) is 0 Å². The van der Waals surface area contributed by atoms with Crippen LogP contribution in [0.3, 0.4) is 0 Å². The number of hydrogen-bond donors (Lipinski definition) is 1. The molecular weight excluding hydrogens is 458 g/mol. The van der Waals surface area contributed by atoms with Crippen molar-refractivity contribution in [3.63, 3.8) is 0 Å². The second-order valence-corrected chi connectivity index (χ2v) is 8.84. The molecular formula is C21H14ClF4NO3S. The van der Waals surface area contributed by atoms with Crippen molar-refractivity contribution in [2.24, 2.45) is 0 Å². The van der Waals surface area contributed by atoms with Crippen LogP contribution in [0.25, 0.3) is 0 Å². The molecule has 3 rings (SSSR count). The van der Waals surface area contributed by atoms with Gasteiger partial charge < -0.3 is 5.32 Å². The lowest BCUT2D eigenvalue weighted by Crippen LogP contribution is -2.23. The van der Waals surface area contributed by atoms with Crippen LogP contribution < -0.4 is 5.32 Å². The predicted octanol–water partition coefficient (Wildman–Crippen LogP) is 5.26. The second kappa shape index (κ2) is 8.68. The molecule has 0 aromatic heterocycles. The molecule has 1 amide bonds. The van der Waals surface area contributed by atoms with Gasteiger partial charge in [0.2, 0.25) is 9.84 Å². The summed E-state index contributed by atoms with van der Waals surface area (Å²) in [6, 6.07) is 12.4. The summed E-state index contributed by atoms with van der Waals surface area (Å²) in [7, 11) is -4.22. The zero-order valence-electron chi connectivity index (χ0n) is 15.6. The second-order valence-electron chi connectivity index (χ2n) is 6.49. The molecule has 1 N–H and O–H groups in total. The van der Waals surface area contributed by atoms with Gasteiger partial charge >= 0.3 is 6.18 Å². The minimum absolute atomic E-state index is 0.0228. The topological polar surface area (TPSA) is 63.2 Å². The molecule has 0 radical (unpaired) electrons. The maximum Gasteiger partial charge on any atom is 0.416 e. The highest BCUT2D eigenvalue weighted by molar-refractivity contribution is 7.91. The maximum absolute atomic E-state index is 13.5. The molecule has 10 heteroatoms. The summed E-state index contributed by atoms with van der Waals surface area (Å²) >= 11 is 5.58. The van der Waals surface area contributed by atoms with Gasteiger partial charge in [0.05, 0.1) is 20.4 Å². The quantitative estimate of drug-likeness (QED) is 0.516. The number of hydrogen-bond acceptors (Lipinski definition) is 3. The number of carbonyl (C=O) groups excluding carboxylic acids is 1. The number of halogens is 5. The highest BCUT2D eigenvalue weighted by Gasteiger charge is 2.32. The first-order valence-corrected chi connectivity index (χ1v) is 10.6. The molecule has 0 aliphatic heterocycles. The number of alkyl halides is 3. The standard InChI is InChI=1S/C21H14ClF4NO3S/c22-18-8-7-14(10-19(18)23)20(28)27-12-13-3-1-5-16(9-13)31(29,30)17-6-2-4-15(11-17)21(24,25)26/h1-11H,12H2,(H,27,28). The van der Waals surface area contributed by atoms with E-state index < -0.39 is 38.2 Å². The Hall–Kier alpha value is -2.91. The number of sulfone groups is 1. The lowest BCUT2D eigenvalue weighted by molar-refractivity contribution is -0.137. The van der Waals surface area contributed by atoms with E-state index >= 15 is 0 Å². The van der Waals surface area contributed by atoms with Crippen LogP contribution in [0.4, 0.5) is 17.6 Å². The van der Waals surface area contributed by atoms with Crippen molar-refractivity contribution in [1.82, 2.24) is 5.32 Å². The van der Waals surface area contributed by atoms with E-state index in [9.17, 15) is 30.8 Å². The van der Waals surface area contributed by atoms with Gasteiger partial charge in [-0.25, -0.2) is 12.8 Å². The summed E-state index contributed by atoms with van der Waals surface area (Å²) in [5, 5.41) is 2.38. The molecule has 0 aliphatic carbocycles. The van der Waals surface area contributed by atoms with Gasteiger partial charge in [-0.1, -0.05) is 29.8 Å². The average molecular weight is 472 g/mol. The normalized spacial score (nSPS) is 11.9. The van der Waals surface area contributed by atoms with Gasteiger partial charge in [0.1, 0.15) is 5.82 Å². The lowest BCUT2D eigenvalue weighted by atomic mass is 10.2. The predicted molar refractivity (Wildman–Crippen MR) is 106 cm³/mol. The largest absolute Gasteiger partial charge is 0.416 e. The van der Waals surface area contributed by atoms with Crippen LogP contribution in [-0.2, 0) is 22.6 Å². The van der Waals surface area contributed by atoms with E-state index in [0.29, 0.717) is 11.6 Å². The molecule has 0 saturated carbocycles. The lowest BCUT2D eigenvalue weighted by Gasteiger charge is -2.11. The van der Waals surface area contributed by atoms with Crippen LogP contribution in [-0.4, -0.2) is 14.3 Å². The zero-order chi connectivity index (χ0) is 22.8. The minimum atomic E-state index is -4.68. The van der Waals surface area contributed by atoms with E-state index in [4.69, 9.17) is 11.6 Å². The molecule has 0 aliphatic rings. The third-order valence-electron chi connectivity index (χ3n) is 4.32. The first-order valence-electron chi connectivity index (χ1n) is 8.73. The SMILES string of the molecule is O=C(NCc1cccc(S(=O)(=O)c2cccc(C(F)(F)F)c2)c1)c1ccc(Cl)c(F)c1. The molecule has 0 atom stereocenters. The third kappa shape index (κ3) is 5.23. The van der Waals surface area contributed by atoms with Gasteiger partial charge in [0.15, 0.2) is 0 Å². The Balaban J connectivity index is 1.81. The molecule has 0 spiro atoms. The third-order valence-corrected chi connectivity index (χ3v) is 6.37. The van der Waals surface area contributed by atoms with E-state index in [1.54, 1.807) is 0 Å². The smallest absolute Gasteiger partial charge is 0.348 e. The van der Waals surface area contributed by atoms with Gasteiger partial charge in [-0.2, -0.15) is 13.2 Å². The first kappa shape index (κ1) is 22.8. The van der Waals surface area contributed by atoms with Gasteiger partial charge in [0, 0.05) is 12.1 Å².